The molecule has 1 atom stereocenters. The third-order valence-electron chi connectivity index (χ3n) is 3.46. The van der Waals surface area contributed by atoms with E-state index in [0.717, 1.165) is 6.42 Å². The summed E-state index contributed by atoms with van der Waals surface area (Å²) in [6.45, 7) is 2.54. The summed E-state index contributed by atoms with van der Waals surface area (Å²) >= 11 is 0. The molecule has 0 amide bonds. The quantitative estimate of drug-likeness (QED) is 0.723. The van der Waals surface area contributed by atoms with Crippen molar-refractivity contribution in [2.75, 3.05) is 13.2 Å². The maximum absolute atomic E-state index is 12.3. The molecule has 2 aliphatic heterocycles. The van der Waals surface area contributed by atoms with Gasteiger partial charge in [-0.2, -0.15) is 0 Å². The fourth-order valence-electron chi connectivity index (χ4n) is 2.34. The zero-order valence-electron chi connectivity index (χ0n) is 10.5. The van der Waals surface area contributed by atoms with Crippen LogP contribution in [0.25, 0.3) is 0 Å². The molecule has 1 aromatic rings. The van der Waals surface area contributed by atoms with E-state index >= 15 is 0 Å². The summed E-state index contributed by atoms with van der Waals surface area (Å²) in [5.74, 6) is 0.698. The minimum absolute atomic E-state index is 0.0228. The number of benzene rings is 1. The maximum atomic E-state index is 12.3. The highest BCUT2D eigenvalue weighted by Crippen LogP contribution is 2.39. The van der Waals surface area contributed by atoms with Gasteiger partial charge in [0.15, 0.2) is 27.1 Å². The molecule has 2 aliphatic rings. The Hall–Kier alpha value is -1.56. The number of hydrogen-bond donors (Lipinski definition) is 0. The Bertz CT molecular complexity index is 647. The van der Waals surface area contributed by atoms with Crippen LogP contribution in [-0.2, 0) is 9.84 Å². The predicted octanol–water partition coefficient (Wildman–Crippen LogP) is 1.60. The highest BCUT2D eigenvalue weighted by Gasteiger charge is 2.36. The van der Waals surface area contributed by atoms with Gasteiger partial charge >= 0.3 is 0 Å². The normalized spacial score (nSPS) is 24.5. The van der Waals surface area contributed by atoms with Crippen LogP contribution in [0.15, 0.2) is 17.0 Å². The molecule has 1 aromatic carbocycles. The number of rotatable bonds is 0. The van der Waals surface area contributed by atoms with Crippen LogP contribution in [0, 0.1) is 0 Å². The van der Waals surface area contributed by atoms with E-state index in [2.05, 4.69) is 0 Å². The average Bonchev–Trinajstić information content (AvgIpc) is 2.59. The average molecular weight is 282 g/mol. The summed E-state index contributed by atoms with van der Waals surface area (Å²) in [6.07, 6.45) is 0.755. The molecular formula is C13H14O5S. The molecule has 102 valence electrons. The Morgan fingerprint density at radius 1 is 1.16 bits per heavy atom. The number of sulfone groups is 1. The second-order valence-corrected chi connectivity index (χ2v) is 7.16. The third-order valence-corrected chi connectivity index (χ3v) is 5.64. The van der Waals surface area contributed by atoms with Crippen molar-refractivity contribution in [3.63, 3.8) is 0 Å². The smallest absolute Gasteiger partial charge is 0.182 e. The van der Waals surface area contributed by atoms with E-state index in [1.165, 1.54) is 12.1 Å². The fourth-order valence-corrected chi connectivity index (χ4v) is 3.90. The molecule has 0 saturated carbocycles. The Kier molecular flexibility index (Phi) is 2.78. The molecule has 2 heterocycles. The predicted molar refractivity (Wildman–Crippen MR) is 67.6 cm³/mol. The van der Waals surface area contributed by atoms with Crippen LogP contribution in [0.2, 0.25) is 0 Å². The summed E-state index contributed by atoms with van der Waals surface area (Å²) in [7, 11) is -3.46. The lowest BCUT2D eigenvalue weighted by Crippen LogP contribution is -2.29. The summed E-state index contributed by atoms with van der Waals surface area (Å²) in [5, 5.41) is -0.683. The van der Waals surface area contributed by atoms with Crippen LogP contribution in [0.4, 0.5) is 0 Å². The number of ketones is 1. The van der Waals surface area contributed by atoms with Crippen molar-refractivity contribution in [1.82, 2.24) is 0 Å². The van der Waals surface area contributed by atoms with Gasteiger partial charge in [0.2, 0.25) is 0 Å². The SMILES string of the molecule is CC1CC(=O)c2cc3c(cc2S1(=O)=O)OCCCO3. The van der Waals surface area contributed by atoms with Gasteiger partial charge in [0.25, 0.3) is 0 Å². The van der Waals surface area contributed by atoms with Gasteiger partial charge in [0, 0.05) is 24.5 Å². The number of carbonyl (C=O) groups excluding carboxylic acids is 1. The molecule has 5 nitrogen and oxygen atoms in total. The lowest BCUT2D eigenvalue weighted by atomic mass is 10.1. The van der Waals surface area contributed by atoms with Gasteiger partial charge in [0.1, 0.15) is 0 Å². The molecule has 3 rings (SSSR count). The zero-order chi connectivity index (χ0) is 13.6. The first-order chi connectivity index (χ1) is 9.00. The van der Waals surface area contributed by atoms with Crippen molar-refractivity contribution in [2.24, 2.45) is 0 Å². The van der Waals surface area contributed by atoms with Crippen LogP contribution in [0.5, 0.6) is 11.5 Å². The van der Waals surface area contributed by atoms with Crippen LogP contribution in [-0.4, -0.2) is 32.7 Å². The molecule has 6 heteroatoms. The van der Waals surface area contributed by atoms with Gasteiger partial charge in [-0.05, 0) is 13.0 Å². The molecule has 0 aliphatic carbocycles. The van der Waals surface area contributed by atoms with E-state index < -0.39 is 15.1 Å². The molecule has 0 saturated heterocycles. The number of carbonyl (C=O) groups is 1. The van der Waals surface area contributed by atoms with E-state index in [-0.39, 0.29) is 22.7 Å². The number of Topliss-reactive ketones (excluding diaryl/α,β-unsaturated/α-hetero) is 1. The number of hydrogen-bond acceptors (Lipinski definition) is 5. The first-order valence-corrected chi connectivity index (χ1v) is 7.75. The van der Waals surface area contributed by atoms with Crippen LogP contribution < -0.4 is 9.47 Å². The second kappa shape index (κ2) is 4.23. The highest BCUT2D eigenvalue weighted by molar-refractivity contribution is 7.92. The summed E-state index contributed by atoms with van der Waals surface area (Å²) in [5.41, 5.74) is 0.224. The molecule has 0 bridgehead atoms. The maximum Gasteiger partial charge on any atom is 0.182 e. The van der Waals surface area contributed by atoms with Crippen LogP contribution in [0.3, 0.4) is 0 Å². The van der Waals surface area contributed by atoms with Crippen molar-refractivity contribution in [2.45, 2.75) is 29.9 Å². The van der Waals surface area contributed by atoms with E-state index in [9.17, 15) is 13.2 Å². The molecule has 0 radical (unpaired) electrons. The van der Waals surface area contributed by atoms with E-state index in [4.69, 9.17) is 9.47 Å². The van der Waals surface area contributed by atoms with Crippen molar-refractivity contribution < 1.29 is 22.7 Å². The standard InChI is InChI=1S/C13H14O5S/c1-8-5-10(14)9-6-11-12(18-4-2-3-17-11)7-13(9)19(8,15)16/h6-8H,2-5H2,1H3. The van der Waals surface area contributed by atoms with Gasteiger partial charge < -0.3 is 9.47 Å². The monoisotopic (exact) mass is 282 g/mol. The van der Waals surface area contributed by atoms with Gasteiger partial charge in [-0.25, -0.2) is 8.42 Å². The number of fused-ring (bicyclic) bond motifs is 2. The van der Waals surface area contributed by atoms with Crippen molar-refractivity contribution in [3.05, 3.63) is 17.7 Å². The van der Waals surface area contributed by atoms with Gasteiger partial charge in [0.05, 0.1) is 23.4 Å². The Morgan fingerprint density at radius 3 is 2.47 bits per heavy atom. The molecule has 0 fully saturated rings. The summed E-state index contributed by atoms with van der Waals surface area (Å²) in [6, 6.07) is 2.93. The fraction of sp³-hybridized carbons (Fsp3) is 0.462. The van der Waals surface area contributed by atoms with Crippen LogP contribution in [0.1, 0.15) is 30.1 Å². The van der Waals surface area contributed by atoms with Crippen molar-refractivity contribution >= 4 is 15.6 Å². The lowest BCUT2D eigenvalue weighted by Gasteiger charge is -2.22. The third kappa shape index (κ3) is 1.90. The molecule has 0 spiro atoms. The van der Waals surface area contributed by atoms with E-state index in [1.807, 2.05) is 0 Å². The second-order valence-electron chi connectivity index (χ2n) is 4.83. The van der Waals surface area contributed by atoms with Crippen molar-refractivity contribution in [1.29, 1.82) is 0 Å². The zero-order valence-corrected chi connectivity index (χ0v) is 11.3. The Labute approximate surface area is 111 Å². The topological polar surface area (TPSA) is 69.7 Å². The Morgan fingerprint density at radius 2 is 1.79 bits per heavy atom. The van der Waals surface area contributed by atoms with E-state index in [0.29, 0.717) is 24.7 Å². The lowest BCUT2D eigenvalue weighted by molar-refractivity contribution is 0.0975. The molecule has 19 heavy (non-hydrogen) atoms. The van der Waals surface area contributed by atoms with Gasteiger partial charge in [-0.3, -0.25) is 4.79 Å². The van der Waals surface area contributed by atoms with E-state index in [1.54, 1.807) is 6.92 Å². The van der Waals surface area contributed by atoms with Crippen molar-refractivity contribution in [3.8, 4) is 11.5 Å². The molecule has 0 aromatic heterocycles. The summed E-state index contributed by atoms with van der Waals surface area (Å²) in [4.78, 5) is 12.1. The van der Waals surface area contributed by atoms with Gasteiger partial charge in [-0.1, -0.05) is 0 Å². The molecule has 1 unspecified atom stereocenters. The molecular weight excluding hydrogens is 268 g/mol. The first-order valence-electron chi connectivity index (χ1n) is 6.21. The minimum Gasteiger partial charge on any atom is -0.490 e. The Balaban J connectivity index is 2.23. The minimum atomic E-state index is -3.46. The summed E-state index contributed by atoms with van der Waals surface area (Å²) < 4.78 is 35.5. The number of ether oxygens (including phenoxy) is 2. The largest absolute Gasteiger partial charge is 0.490 e. The molecule has 0 N–H and O–H groups in total. The first kappa shape index (κ1) is 12.5. The van der Waals surface area contributed by atoms with Crippen LogP contribution >= 0.6 is 0 Å². The highest BCUT2D eigenvalue weighted by atomic mass is 32.2. The van der Waals surface area contributed by atoms with Gasteiger partial charge in [-0.15, -0.1) is 0 Å².